The number of carbonyl (C=O) groups excluding carboxylic acids is 1. The predicted molar refractivity (Wildman–Crippen MR) is 98.6 cm³/mol. The minimum atomic E-state index is -0.487. The summed E-state index contributed by atoms with van der Waals surface area (Å²) >= 11 is 0. The zero-order valence-electron chi connectivity index (χ0n) is 14.8. The summed E-state index contributed by atoms with van der Waals surface area (Å²) in [5.74, 6) is 0.719. The summed E-state index contributed by atoms with van der Waals surface area (Å²) in [7, 11) is 0. The normalized spacial score (nSPS) is 11.8. The zero-order chi connectivity index (χ0) is 18.3. The van der Waals surface area contributed by atoms with E-state index in [-0.39, 0.29) is 5.78 Å². The van der Waals surface area contributed by atoms with Gasteiger partial charge >= 0.3 is 0 Å². The number of H-pyrrole nitrogens is 1. The molecule has 0 atom stereocenters. The molecule has 6 heteroatoms. The van der Waals surface area contributed by atoms with Crippen LogP contribution in [0.3, 0.4) is 0 Å². The van der Waals surface area contributed by atoms with Gasteiger partial charge in [-0.15, -0.1) is 0 Å². The molecule has 0 fully saturated rings. The SMILES string of the molecule is CC(C)(C)C(=O)c1c[nH]c2ncc(-c3cccc(-c4cnco4)c3)nc12. The first-order valence-corrected chi connectivity index (χ1v) is 8.32. The van der Waals surface area contributed by atoms with Crippen molar-refractivity contribution >= 4 is 16.9 Å². The Bertz CT molecular complexity index is 1090. The van der Waals surface area contributed by atoms with Crippen LogP contribution in [0.15, 0.2) is 53.7 Å². The van der Waals surface area contributed by atoms with Crippen molar-refractivity contribution in [1.82, 2.24) is 19.9 Å². The molecule has 26 heavy (non-hydrogen) atoms. The molecule has 0 saturated heterocycles. The maximum absolute atomic E-state index is 12.7. The van der Waals surface area contributed by atoms with Gasteiger partial charge in [0.25, 0.3) is 0 Å². The van der Waals surface area contributed by atoms with E-state index in [1.807, 2.05) is 45.0 Å². The van der Waals surface area contributed by atoms with Gasteiger partial charge in [-0.05, 0) is 6.07 Å². The Hall–Kier alpha value is -3.28. The van der Waals surface area contributed by atoms with Crippen LogP contribution in [0, 0.1) is 5.41 Å². The lowest BCUT2D eigenvalue weighted by Crippen LogP contribution is -2.20. The molecule has 0 radical (unpaired) electrons. The molecule has 0 bridgehead atoms. The molecule has 4 aromatic rings. The van der Waals surface area contributed by atoms with Crippen molar-refractivity contribution < 1.29 is 9.21 Å². The Kier molecular flexibility index (Phi) is 3.68. The molecule has 0 aliphatic carbocycles. The maximum Gasteiger partial charge on any atom is 0.181 e. The number of nitrogens with zero attached hydrogens (tertiary/aromatic N) is 3. The number of Topliss-reactive ketones (excluding diaryl/α,β-unsaturated/α-hetero) is 1. The van der Waals surface area contributed by atoms with Crippen molar-refractivity contribution in [3.63, 3.8) is 0 Å². The quantitative estimate of drug-likeness (QED) is 0.552. The van der Waals surface area contributed by atoms with E-state index in [0.717, 1.165) is 11.1 Å². The van der Waals surface area contributed by atoms with Crippen molar-refractivity contribution in [2.75, 3.05) is 0 Å². The molecule has 3 heterocycles. The van der Waals surface area contributed by atoms with Crippen LogP contribution in [0.2, 0.25) is 0 Å². The van der Waals surface area contributed by atoms with Crippen LogP contribution in [0.5, 0.6) is 0 Å². The standard InChI is InChI=1S/C20H18N4O2/c1-20(2,3)18(25)14-8-22-19-17(14)24-15(9-23-19)12-5-4-6-13(7-12)16-10-21-11-26-16/h4-11H,1-3H3,(H,22,23). The largest absolute Gasteiger partial charge is 0.444 e. The van der Waals surface area contributed by atoms with Crippen LogP contribution in [0.1, 0.15) is 31.1 Å². The van der Waals surface area contributed by atoms with E-state index in [1.165, 1.54) is 6.39 Å². The van der Waals surface area contributed by atoms with Crippen LogP contribution >= 0.6 is 0 Å². The van der Waals surface area contributed by atoms with Crippen molar-refractivity contribution in [3.8, 4) is 22.6 Å². The first kappa shape index (κ1) is 16.2. The number of rotatable bonds is 3. The third-order valence-electron chi connectivity index (χ3n) is 4.18. The maximum atomic E-state index is 12.7. The molecule has 0 aliphatic heterocycles. The number of hydrogen-bond donors (Lipinski definition) is 1. The lowest BCUT2D eigenvalue weighted by molar-refractivity contribution is 0.0860. The molecule has 3 aromatic heterocycles. The van der Waals surface area contributed by atoms with Crippen molar-refractivity contribution in [3.05, 3.63) is 54.8 Å². The molecule has 4 rings (SSSR count). The Morgan fingerprint density at radius 2 is 1.96 bits per heavy atom. The monoisotopic (exact) mass is 346 g/mol. The highest BCUT2D eigenvalue weighted by Crippen LogP contribution is 2.28. The smallest absolute Gasteiger partial charge is 0.181 e. The summed E-state index contributed by atoms with van der Waals surface area (Å²) in [4.78, 5) is 28.8. The minimum absolute atomic E-state index is 0.0330. The highest BCUT2D eigenvalue weighted by molar-refractivity contribution is 6.08. The van der Waals surface area contributed by atoms with E-state index >= 15 is 0 Å². The fraction of sp³-hybridized carbons (Fsp3) is 0.200. The average molecular weight is 346 g/mol. The van der Waals surface area contributed by atoms with Gasteiger partial charge in [-0.1, -0.05) is 39.0 Å². The predicted octanol–water partition coefficient (Wildman–Crippen LogP) is 4.51. The highest BCUT2D eigenvalue weighted by Gasteiger charge is 2.26. The van der Waals surface area contributed by atoms with Gasteiger partial charge in [0.2, 0.25) is 0 Å². The third-order valence-corrected chi connectivity index (χ3v) is 4.18. The fourth-order valence-electron chi connectivity index (χ4n) is 2.80. The number of aromatic nitrogens is 4. The summed E-state index contributed by atoms with van der Waals surface area (Å²) in [6.07, 6.45) is 6.45. The van der Waals surface area contributed by atoms with E-state index in [0.29, 0.717) is 28.2 Å². The molecule has 1 aromatic carbocycles. The number of carbonyl (C=O) groups is 1. The van der Waals surface area contributed by atoms with E-state index in [4.69, 9.17) is 9.40 Å². The Labute approximate surface area is 150 Å². The van der Waals surface area contributed by atoms with Gasteiger partial charge < -0.3 is 9.40 Å². The van der Waals surface area contributed by atoms with Crippen LogP contribution in [-0.2, 0) is 0 Å². The summed E-state index contributed by atoms with van der Waals surface area (Å²) in [6, 6.07) is 7.79. The second-order valence-corrected chi connectivity index (χ2v) is 7.18. The fourth-order valence-corrected chi connectivity index (χ4v) is 2.80. The summed E-state index contributed by atoms with van der Waals surface area (Å²) in [6.45, 7) is 5.69. The van der Waals surface area contributed by atoms with Crippen LogP contribution < -0.4 is 0 Å². The van der Waals surface area contributed by atoms with Gasteiger partial charge in [0, 0.05) is 22.7 Å². The second kappa shape index (κ2) is 5.91. The summed E-state index contributed by atoms with van der Waals surface area (Å²) < 4.78 is 5.36. The highest BCUT2D eigenvalue weighted by atomic mass is 16.3. The van der Waals surface area contributed by atoms with E-state index < -0.39 is 5.41 Å². The Balaban J connectivity index is 1.81. The second-order valence-electron chi connectivity index (χ2n) is 7.18. The lowest BCUT2D eigenvalue weighted by atomic mass is 9.87. The minimum Gasteiger partial charge on any atom is -0.444 e. The van der Waals surface area contributed by atoms with Crippen molar-refractivity contribution in [1.29, 1.82) is 0 Å². The molecule has 6 nitrogen and oxygen atoms in total. The molecule has 0 amide bonds. The number of oxazole rings is 1. The molecule has 0 unspecified atom stereocenters. The molecule has 0 spiro atoms. The molecule has 130 valence electrons. The third kappa shape index (κ3) is 2.79. The number of hydrogen-bond acceptors (Lipinski definition) is 5. The number of benzene rings is 1. The van der Waals surface area contributed by atoms with Crippen LogP contribution in [0.4, 0.5) is 0 Å². The topological polar surface area (TPSA) is 84.7 Å². The number of fused-ring (bicyclic) bond motifs is 1. The van der Waals surface area contributed by atoms with E-state index in [2.05, 4.69) is 15.0 Å². The molecule has 0 saturated carbocycles. The molecule has 0 aliphatic rings. The first-order chi connectivity index (χ1) is 12.4. The van der Waals surface area contributed by atoms with Gasteiger partial charge in [0.15, 0.2) is 23.6 Å². The average Bonchev–Trinajstić information content (AvgIpc) is 3.29. The van der Waals surface area contributed by atoms with E-state index in [9.17, 15) is 4.79 Å². The molecular weight excluding hydrogens is 328 g/mol. The van der Waals surface area contributed by atoms with Crippen LogP contribution in [0.25, 0.3) is 33.7 Å². The Morgan fingerprint density at radius 3 is 2.69 bits per heavy atom. The van der Waals surface area contributed by atoms with Gasteiger partial charge in [0.05, 0.1) is 23.7 Å². The van der Waals surface area contributed by atoms with Crippen molar-refractivity contribution in [2.45, 2.75) is 20.8 Å². The van der Waals surface area contributed by atoms with Gasteiger partial charge in [-0.2, -0.15) is 0 Å². The van der Waals surface area contributed by atoms with Gasteiger partial charge in [-0.25, -0.2) is 15.0 Å². The lowest BCUT2D eigenvalue weighted by Gasteiger charge is -2.15. The first-order valence-electron chi connectivity index (χ1n) is 8.32. The van der Waals surface area contributed by atoms with Crippen molar-refractivity contribution in [2.24, 2.45) is 5.41 Å². The zero-order valence-corrected chi connectivity index (χ0v) is 14.8. The molecule has 1 N–H and O–H groups in total. The Morgan fingerprint density at radius 1 is 1.15 bits per heavy atom. The summed E-state index contributed by atoms with van der Waals surface area (Å²) in [5.41, 5.74) is 3.76. The van der Waals surface area contributed by atoms with Gasteiger partial charge in [0.1, 0.15) is 5.52 Å². The van der Waals surface area contributed by atoms with Gasteiger partial charge in [-0.3, -0.25) is 4.79 Å². The van der Waals surface area contributed by atoms with Crippen LogP contribution in [-0.4, -0.2) is 25.7 Å². The number of ketones is 1. The van der Waals surface area contributed by atoms with E-state index in [1.54, 1.807) is 18.6 Å². The number of nitrogens with one attached hydrogen (secondary N) is 1. The summed E-state index contributed by atoms with van der Waals surface area (Å²) in [5, 5.41) is 0. The molecular formula is C20H18N4O2. The number of aromatic amines is 1.